The summed E-state index contributed by atoms with van der Waals surface area (Å²) in [5.41, 5.74) is 6.15. The van der Waals surface area contributed by atoms with Gasteiger partial charge in [0.25, 0.3) is 0 Å². The molecule has 3 aromatic rings. The molecule has 2 N–H and O–H groups in total. The van der Waals surface area contributed by atoms with Crippen LogP contribution in [0.2, 0.25) is 0 Å². The Kier molecular flexibility index (Phi) is 5.57. The van der Waals surface area contributed by atoms with Crippen LogP contribution < -0.4 is 5.73 Å². The molecule has 0 amide bonds. The molecule has 0 saturated carbocycles. The summed E-state index contributed by atoms with van der Waals surface area (Å²) in [6, 6.07) is 11.2. The van der Waals surface area contributed by atoms with Crippen LogP contribution in [0.1, 0.15) is 30.4 Å². The maximum absolute atomic E-state index is 14.0. The van der Waals surface area contributed by atoms with Crippen LogP contribution in [0.3, 0.4) is 0 Å². The van der Waals surface area contributed by atoms with Crippen molar-refractivity contribution in [1.82, 2.24) is 15.0 Å². The summed E-state index contributed by atoms with van der Waals surface area (Å²) in [6.45, 7) is 5.80. The van der Waals surface area contributed by atoms with Crippen molar-refractivity contribution in [3.63, 3.8) is 0 Å². The van der Waals surface area contributed by atoms with Crippen molar-refractivity contribution in [1.29, 1.82) is 0 Å². The van der Waals surface area contributed by atoms with Crippen molar-refractivity contribution in [2.24, 2.45) is 5.73 Å². The number of rotatable bonds is 7. The van der Waals surface area contributed by atoms with Crippen molar-refractivity contribution in [3.8, 4) is 10.4 Å². The van der Waals surface area contributed by atoms with Gasteiger partial charge in [-0.25, -0.2) is 4.39 Å². The second-order valence-corrected chi connectivity index (χ2v) is 7.22. The summed E-state index contributed by atoms with van der Waals surface area (Å²) in [6.07, 6.45) is 0. The number of aromatic nitrogens is 2. The molecule has 0 spiro atoms. The topological polar surface area (TPSA) is 68.2 Å². The van der Waals surface area contributed by atoms with Gasteiger partial charge in [-0.1, -0.05) is 23.4 Å². The Morgan fingerprint density at radius 2 is 2.00 bits per heavy atom. The molecular weight excluding hydrogens is 339 g/mol. The minimum absolute atomic E-state index is 0.197. The Morgan fingerprint density at radius 3 is 2.68 bits per heavy atom. The van der Waals surface area contributed by atoms with Gasteiger partial charge >= 0.3 is 0 Å². The van der Waals surface area contributed by atoms with E-state index in [2.05, 4.69) is 28.9 Å². The normalized spacial score (nSPS) is 11.6. The van der Waals surface area contributed by atoms with Gasteiger partial charge in [-0.05, 0) is 32.0 Å². The zero-order valence-corrected chi connectivity index (χ0v) is 15.1. The molecule has 2 aromatic heterocycles. The fourth-order valence-corrected chi connectivity index (χ4v) is 3.57. The van der Waals surface area contributed by atoms with Gasteiger partial charge in [0.1, 0.15) is 5.82 Å². The zero-order chi connectivity index (χ0) is 17.8. The lowest BCUT2D eigenvalue weighted by molar-refractivity contribution is 0.197. The molecule has 0 radical (unpaired) electrons. The quantitative estimate of drug-likeness (QED) is 0.694. The first-order valence-electron chi connectivity index (χ1n) is 8.16. The van der Waals surface area contributed by atoms with Gasteiger partial charge in [0.05, 0.1) is 13.1 Å². The number of hydrogen-bond acceptors (Lipinski definition) is 6. The van der Waals surface area contributed by atoms with Gasteiger partial charge in [-0.2, -0.15) is 4.98 Å². The standard InChI is InChI=1S/C18H21FN4OS/c1-12(2)23(11-17-21-18(9-20)24-22-17)10-13-7-8-16(25-13)14-5-3-4-6-15(14)19/h3-8,12H,9-11,20H2,1-2H3. The molecule has 1 aromatic carbocycles. The maximum Gasteiger partial charge on any atom is 0.240 e. The van der Waals surface area contributed by atoms with Gasteiger partial charge in [0.2, 0.25) is 5.89 Å². The van der Waals surface area contributed by atoms with Gasteiger partial charge in [0, 0.05) is 27.9 Å². The van der Waals surface area contributed by atoms with Gasteiger partial charge < -0.3 is 10.3 Å². The van der Waals surface area contributed by atoms with E-state index in [4.69, 9.17) is 10.3 Å². The molecule has 132 valence electrons. The summed E-state index contributed by atoms with van der Waals surface area (Å²) >= 11 is 1.60. The molecule has 0 aliphatic rings. The molecule has 3 rings (SSSR count). The van der Waals surface area contributed by atoms with Gasteiger partial charge in [-0.3, -0.25) is 4.90 Å². The van der Waals surface area contributed by atoms with Crippen LogP contribution in [0.25, 0.3) is 10.4 Å². The lowest BCUT2D eigenvalue weighted by atomic mass is 10.2. The molecular formula is C18H21FN4OS. The fourth-order valence-electron chi connectivity index (χ4n) is 2.51. The predicted molar refractivity (Wildman–Crippen MR) is 96.3 cm³/mol. The van der Waals surface area contributed by atoms with Gasteiger partial charge in [0.15, 0.2) is 5.82 Å². The van der Waals surface area contributed by atoms with E-state index in [1.54, 1.807) is 23.5 Å². The molecule has 0 saturated heterocycles. The largest absolute Gasteiger partial charge is 0.338 e. The van der Waals surface area contributed by atoms with E-state index >= 15 is 0 Å². The number of hydrogen-bond donors (Lipinski definition) is 1. The molecule has 0 bridgehead atoms. The first kappa shape index (κ1) is 17.7. The molecule has 2 heterocycles. The lowest BCUT2D eigenvalue weighted by Crippen LogP contribution is -2.30. The third-order valence-corrected chi connectivity index (χ3v) is 5.02. The number of halogens is 1. The maximum atomic E-state index is 14.0. The second-order valence-electron chi connectivity index (χ2n) is 6.05. The summed E-state index contributed by atoms with van der Waals surface area (Å²) in [5, 5.41) is 3.96. The molecule has 25 heavy (non-hydrogen) atoms. The summed E-state index contributed by atoms with van der Waals surface area (Å²) < 4.78 is 19.0. The molecule has 0 unspecified atom stereocenters. The smallest absolute Gasteiger partial charge is 0.240 e. The minimum Gasteiger partial charge on any atom is -0.338 e. The highest BCUT2D eigenvalue weighted by Gasteiger charge is 2.16. The summed E-state index contributed by atoms with van der Waals surface area (Å²) in [4.78, 5) is 8.60. The highest BCUT2D eigenvalue weighted by Crippen LogP contribution is 2.31. The van der Waals surface area contributed by atoms with E-state index in [0.29, 0.717) is 29.9 Å². The van der Waals surface area contributed by atoms with E-state index in [9.17, 15) is 4.39 Å². The minimum atomic E-state index is -0.197. The summed E-state index contributed by atoms with van der Waals surface area (Å²) in [5.74, 6) is 0.870. The number of thiophene rings is 1. The van der Waals surface area contributed by atoms with Crippen LogP contribution in [0.5, 0.6) is 0 Å². The number of nitrogens with zero attached hydrogens (tertiary/aromatic N) is 3. The molecule has 5 nitrogen and oxygen atoms in total. The van der Waals surface area contributed by atoms with Crippen LogP contribution in [0.15, 0.2) is 40.9 Å². The zero-order valence-electron chi connectivity index (χ0n) is 14.3. The Balaban J connectivity index is 1.73. The second kappa shape index (κ2) is 7.86. The Hall–Kier alpha value is -2.09. The van der Waals surface area contributed by atoms with Crippen molar-refractivity contribution >= 4 is 11.3 Å². The van der Waals surface area contributed by atoms with E-state index < -0.39 is 0 Å². The van der Waals surface area contributed by atoms with Gasteiger partial charge in [-0.15, -0.1) is 11.3 Å². The van der Waals surface area contributed by atoms with Crippen LogP contribution in [0, 0.1) is 5.82 Å². The van der Waals surface area contributed by atoms with Crippen molar-refractivity contribution < 1.29 is 8.91 Å². The molecule has 0 fully saturated rings. The Bertz CT molecular complexity index is 830. The molecule has 0 aliphatic carbocycles. The highest BCUT2D eigenvalue weighted by molar-refractivity contribution is 7.15. The average Bonchev–Trinajstić information content (AvgIpc) is 3.24. The SMILES string of the molecule is CC(C)N(Cc1noc(CN)n1)Cc1ccc(-c2ccccc2F)s1. The van der Waals surface area contributed by atoms with Crippen molar-refractivity contribution in [2.75, 3.05) is 0 Å². The third-order valence-electron chi connectivity index (χ3n) is 3.92. The van der Waals surface area contributed by atoms with E-state index in [1.165, 1.54) is 6.07 Å². The fraction of sp³-hybridized carbons (Fsp3) is 0.333. The highest BCUT2D eigenvalue weighted by atomic mass is 32.1. The van der Waals surface area contributed by atoms with E-state index in [-0.39, 0.29) is 12.4 Å². The lowest BCUT2D eigenvalue weighted by Gasteiger charge is -2.24. The van der Waals surface area contributed by atoms with Crippen molar-refractivity contribution in [3.05, 3.63) is 58.8 Å². The Morgan fingerprint density at radius 1 is 1.20 bits per heavy atom. The monoisotopic (exact) mass is 360 g/mol. The molecule has 0 atom stereocenters. The van der Waals surface area contributed by atoms with Crippen LogP contribution in [-0.2, 0) is 19.6 Å². The predicted octanol–water partition coefficient (Wildman–Crippen LogP) is 3.81. The first-order chi connectivity index (χ1) is 12.1. The third kappa shape index (κ3) is 4.31. The summed E-state index contributed by atoms with van der Waals surface area (Å²) in [7, 11) is 0. The number of nitrogens with two attached hydrogens (primary N) is 1. The van der Waals surface area contributed by atoms with E-state index in [0.717, 1.165) is 16.3 Å². The molecule has 0 aliphatic heterocycles. The Labute approximate surface area is 150 Å². The molecule has 7 heteroatoms. The van der Waals surface area contributed by atoms with E-state index in [1.807, 2.05) is 18.2 Å². The first-order valence-corrected chi connectivity index (χ1v) is 8.97. The van der Waals surface area contributed by atoms with Crippen LogP contribution in [-0.4, -0.2) is 21.1 Å². The van der Waals surface area contributed by atoms with Crippen molar-refractivity contribution in [2.45, 2.75) is 39.5 Å². The van der Waals surface area contributed by atoms with Crippen LogP contribution >= 0.6 is 11.3 Å². The number of benzene rings is 1. The average molecular weight is 360 g/mol. The van der Waals surface area contributed by atoms with Crippen LogP contribution in [0.4, 0.5) is 4.39 Å².